The molecular weight excluding hydrogens is 717 g/mol. The third-order valence-electron chi connectivity index (χ3n) is 11.8. The van der Waals surface area contributed by atoms with Crippen LogP contribution in [0.15, 0.2) is 72.8 Å². The Morgan fingerprint density at radius 1 is 0.614 bits per heavy atom. The van der Waals surface area contributed by atoms with Crippen molar-refractivity contribution in [1.82, 2.24) is 10.6 Å². The minimum atomic E-state index is -2.95. The van der Waals surface area contributed by atoms with Gasteiger partial charge in [-0.1, -0.05) is 255 Å². The molecule has 324 valence electrons. The van der Waals surface area contributed by atoms with Crippen LogP contribution >= 0.6 is 0 Å². The number of hydrogen-bond donors (Lipinski definition) is 3. The van der Waals surface area contributed by atoms with Crippen molar-refractivity contribution in [2.45, 2.75) is 219 Å². The quantitative estimate of drug-likeness (QED) is 0.0369. The fourth-order valence-electron chi connectivity index (χ4n) is 8.28. The first-order valence-corrected chi connectivity index (χ1v) is 25.8. The maximum atomic E-state index is 13.3. The van der Waals surface area contributed by atoms with Crippen molar-refractivity contribution in [3.63, 3.8) is 0 Å². The first kappa shape index (κ1) is 50.7. The van der Waals surface area contributed by atoms with E-state index in [1.54, 1.807) is 0 Å². The van der Waals surface area contributed by atoms with Crippen LogP contribution < -0.4 is 21.0 Å². The maximum Gasteiger partial charge on any atom is 0.315 e. The number of urea groups is 1. The molecule has 0 unspecified atom stereocenters. The Bertz CT molecular complexity index is 1210. The van der Waals surface area contributed by atoms with Gasteiger partial charge in [-0.25, -0.2) is 4.79 Å². The predicted octanol–water partition coefficient (Wildman–Crippen LogP) is 13.3. The Hall–Kier alpha value is -2.41. The van der Waals surface area contributed by atoms with E-state index in [4.69, 9.17) is 4.43 Å². The lowest BCUT2D eigenvalue weighted by Crippen LogP contribution is -2.69. The van der Waals surface area contributed by atoms with Gasteiger partial charge in [0.25, 0.3) is 8.32 Å². The SMILES string of the molecule is CCCCCCCCCCCCC/C=C/[C@@H](O[Si](c1ccccc1)(c1ccccc1)C(C)(C)C)[C@H](CO)NC(=O)NCCCCCCCCCCCCCCCC. The first-order valence-electron chi connectivity index (χ1n) is 23.9. The van der Waals surface area contributed by atoms with Gasteiger partial charge in [0.1, 0.15) is 0 Å². The monoisotopic (exact) mass is 805 g/mol. The average molecular weight is 805 g/mol. The molecule has 5 nitrogen and oxygen atoms in total. The molecule has 0 aliphatic heterocycles. The second-order valence-corrected chi connectivity index (χ2v) is 22.0. The van der Waals surface area contributed by atoms with Crippen LogP contribution in [0.1, 0.15) is 202 Å². The summed E-state index contributed by atoms with van der Waals surface area (Å²) < 4.78 is 7.52. The van der Waals surface area contributed by atoms with Crippen molar-refractivity contribution < 1.29 is 14.3 Å². The van der Waals surface area contributed by atoms with Gasteiger partial charge in [-0.15, -0.1) is 0 Å². The molecule has 0 aliphatic rings. The summed E-state index contributed by atoms with van der Waals surface area (Å²) in [6, 6.07) is 20.5. The molecule has 0 fully saturated rings. The molecule has 0 aromatic heterocycles. The largest absolute Gasteiger partial charge is 0.399 e. The normalized spacial score (nSPS) is 13.2. The molecule has 3 N–H and O–H groups in total. The van der Waals surface area contributed by atoms with Gasteiger partial charge >= 0.3 is 6.03 Å². The standard InChI is InChI=1S/C51H88N2O3Si/c1-6-8-10-12-14-16-18-20-22-24-26-28-30-38-44-52-50(55)53-48(45-54)49(43-37-29-27-25-23-21-19-17-15-13-11-9-7-2)56-57(51(3,4)5,46-39-33-31-34-40-46)47-41-35-32-36-42-47/h31-37,39-43,48-49,54H,6-30,38,44-45H2,1-5H3,(H2,52,53,55)/b43-37+/t48-,49+/m0/s1. The zero-order valence-electron chi connectivity index (χ0n) is 37.6. The lowest BCUT2D eigenvalue weighted by atomic mass is 10.0. The summed E-state index contributed by atoms with van der Waals surface area (Å²) >= 11 is 0. The van der Waals surface area contributed by atoms with Crippen LogP contribution in [0.2, 0.25) is 5.04 Å². The van der Waals surface area contributed by atoms with Gasteiger partial charge in [0.05, 0.1) is 18.8 Å². The fourth-order valence-corrected chi connectivity index (χ4v) is 12.9. The summed E-state index contributed by atoms with van der Waals surface area (Å²) in [5, 5.41) is 19.2. The van der Waals surface area contributed by atoms with Crippen molar-refractivity contribution in [3.8, 4) is 0 Å². The zero-order valence-corrected chi connectivity index (χ0v) is 38.6. The van der Waals surface area contributed by atoms with Gasteiger partial charge in [-0.2, -0.15) is 0 Å². The number of carbonyl (C=O) groups is 1. The average Bonchev–Trinajstić information content (AvgIpc) is 3.21. The Morgan fingerprint density at radius 2 is 1.00 bits per heavy atom. The summed E-state index contributed by atoms with van der Waals surface area (Å²) in [4.78, 5) is 13.3. The molecular formula is C51H88N2O3Si. The van der Waals surface area contributed by atoms with E-state index in [0.717, 1.165) is 25.7 Å². The van der Waals surface area contributed by atoms with Crippen molar-refractivity contribution >= 4 is 24.7 Å². The Labute approximate surface area is 353 Å². The van der Waals surface area contributed by atoms with Crippen molar-refractivity contribution in [2.24, 2.45) is 0 Å². The van der Waals surface area contributed by atoms with E-state index in [1.165, 1.54) is 152 Å². The van der Waals surface area contributed by atoms with Gasteiger partial charge in [0, 0.05) is 6.54 Å². The zero-order chi connectivity index (χ0) is 41.3. The number of rotatable bonds is 35. The van der Waals surface area contributed by atoms with Gasteiger partial charge in [0.15, 0.2) is 0 Å². The van der Waals surface area contributed by atoms with Crippen molar-refractivity contribution in [1.29, 1.82) is 0 Å². The van der Waals surface area contributed by atoms with Crippen LogP contribution in [0, 0.1) is 0 Å². The molecule has 2 amide bonds. The van der Waals surface area contributed by atoms with Gasteiger partial charge in [-0.3, -0.25) is 0 Å². The topological polar surface area (TPSA) is 70.6 Å². The highest BCUT2D eigenvalue weighted by Gasteiger charge is 2.52. The lowest BCUT2D eigenvalue weighted by molar-refractivity contribution is 0.134. The third kappa shape index (κ3) is 21.4. The van der Waals surface area contributed by atoms with E-state index in [1.807, 2.05) is 0 Å². The van der Waals surface area contributed by atoms with Crippen LogP contribution in [-0.2, 0) is 4.43 Å². The smallest absolute Gasteiger partial charge is 0.315 e. The molecule has 57 heavy (non-hydrogen) atoms. The molecule has 0 radical (unpaired) electrons. The van der Waals surface area contributed by atoms with E-state index < -0.39 is 20.5 Å². The highest BCUT2D eigenvalue weighted by atomic mass is 28.4. The number of amides is 2. The molecule has 0 heterocycles. The van der Waals surface area contributed by atoms with Crippen LogP contribution in [0.5, 0.6) is 0 Å². The number of allylic oxidation sites excluding steroid dienone is 1. The summed E-state index contributed by atoms with van der Waals surface area (Å²) in [6.07, 6.45) is 37.7. The molecule has 2 atom stereocenters. The van der Waals surface area contributed by atoms with Crippen LogP contribution in [0.3, 0.4) is 0 Å². The summed E-state index contributed by atoms with van der Waals surface area (Å²) in [6.45, 7) is 11.8. The molecule has 6 heteroatoms. The second-order valence-electron chi connectivity index (χ2n) is 17.8. The van der Waals surface area contributed by atoms with Crippen LogP contribution in [0.4, 0.5) is 4.79 Å². The van der Waals surface area contributed by atoms with Crippen molar-refractivity contribution in [2.75, 3.05) is 13.2 Å². The van der Waals surface area contributed by atoms with Gasteiger partial charge in [-0.05, 0) is 34.7 Å². The Kier molecular flexibility index (Phi) is 28.9. The molecule has 0 spiro atoms. The van der Waals surface area contributed by atoms with E-state index in [9.17, 15) is 9.90 Å². The Balaban J connectivity index is 1.99. The minimum Gasteiger partial charge on any atom is -0.399 e. The van der Waals surface area contributed by atoms with Crippen molar-refractivity contribution in [3.05, 3.63) is 72.8 Å². The lowest BCUT2D eigenvalue weighted by Gasteiger charge is -2.46. The molecule has 0 aliphatic carbocycles. The van der Waals surface area contributed by atoms with Gasteiger partial charge in [0.2, 0.25) is 0 Å². The molecule has 2 aromatic rings. The summed E-state index contributed by atoms with van der Waals surface area (Å²) in [5.41, 5.74) is 0. The number of aliphatic hydroxyl groups excluding tert-OH is 1. The maximum absolute atomic E-state index is 13.3. The highest BCUT2D eigenvalue weighted by molar-refractivity contribution is 6.99. The summed E-state index contributed by atoms with van der Waals surface area (Å²) in [5.74, 6) is 0. The number of unbranched alkanes of at least 4 members (excludes halogenated alkanes) is 24. The number of aliphatic hydroxyl groups is 1. The number of nitrogens with one attached hydrogen (secondary N) is 2. The fraction of sp³-hybridized carbons (Fsp3) is 0.706. The minimum absolute atomic E-state index is 0.210. The van der Waals surface area contributed by atoms with E-state index >= 15 is 0 Å². The van der Waals surface area contributed by atoms with E-state index in [-0.39, 0.29) is 17.7 Å². The molecule has 0 saturated carbocycles. The highest BCUT2D eigenvalue weighted by Crippen LogP contribution is 2.38. The van der Waals surface area contributed by atoms with Crippen LogP contribution in [-0.4, -0.2) is 44.8 Å². The number of carbonyl (C=O) groups excluding carboxylic acids is 1. The number of benzene rings is 2. The number of hydrogen-bond acceptors (Lipinski definition) is 3. The predicted molar refractivity (Wildman–Crippen MR) is 250 cm³/mol. The molecule has 0 bridgehead atoms. The van der Waals surface area contributed by atoms with Gasteiger partial charge < -0.3 is 20.2 Å². The molecule has 2 rings (SSSR count). The Morgan fingerprint density at radius 3 is 1.39 bits per heavy atom. The van der Waals surface area contributed by atoms with E-state index in [2.05, 4.69) is 118 Å². The molecule has 2 aromatic carbocycles. The van der Waals surface area contributed by atoms with Crippen LogP contribution in [0.25, 0.3) is 0 Å². The third-order valence-corrected chi connectivity index (χ3v) is 16.8. The molecule has 0 saturated heterocycles. The summed E-state index contributed by atoms with van der Waals surface area (Å²) in [7, 11) is -2.95. The second kappa shape index (κ2) is 32.4. The first-order chi connectivity index (χ1) is 27.8. The van der Waals surface area contributed by atoms with E-state index in [0.29, 0.717) is 6.54 Å².